The molecule has 19 heavy (non-hydrogen) atoms. The van der Waals surface area contributed by atoms with E-state index in [1.54, 1.807) is 13.3 Å². The predicted molar refractivity (Wildman–Crippen MR) is 77.0 cm³/mol. The Labute approximate surface area is 115 Å². The van der Waals surface area contributed by atoms with Crippen molar-refractivity contribution in [3.63, 3.8) is 0 Å². The van der Waals surface area contributed by atoms with Crippen LogP contribution in [0.2, 0.25) is 0 Å². The summed E-state index contributed by atoms with van der Waals surface area (Å²) in [6.45, 7) is 0.674. The number of hydrogen-bond donors (Lipinski definition) is 1. The van der Waals surface area contributed by atoms with Crippen LogP contribution in [-0.2, 0) is 6.54 Å². The zero-order valence-electron chi connectivity index (χ0n) is 10.5. The molecule has 2 aromatic heterocycles. The molecule has 3 aromatic rings. The van der Waals surface area contributed by atoms with E-state index in [1.807, 2.05) is 41.0 Å². The summed E-state index contributed by atoms with van der Waals surface area (Å²) in [5, 5.41) is 0. The zero-order valence-corrected chi connectivity index (χ0v) is 11.3. The van der Waals surface area contributed by atoms with Gasteiger partial charge in [-0.15, -0.1) is 0 Å². The van der Waals surface area contributed by atoms with Gasteiger partial charge in [-0.05, 0) is 42.0 Å². The molecule has 0 bridgehead atoms. The van der Waals surface area contributed by atoms with Crippen LogP contribution < -0.4 is 4.74 Å². The fraction of sp³-hybridized carbons (Fsp3) is 0.143. The Hall–Kier alpha value is -2.14. The van der Waals surface area contributed by atoms with E-state index in [0.29, 0.717) is 11.3 Å². The summed E-state index contributed by atoms with van der Waals surface area (Å²) in [4.78, 5) is 7.53. The molecule has 0 aliphatic carbocycles. The van der Waals surface area contributed by atoms with E-state index in [-0.39, 0.29) is 0 Å². The van der Waals surface area contributed by atoms with E-state index >= 15 is 0 Å². The molecule has 4 nitrogen and oxygen atoms in total. The lowest BCUT2D eigenvalue weighted by atomic mass is 10.2. The van der Waals surface area contributed by atoms with Crippen LogP contribution in [0.5, 0.6) is 5.75 Å². The molecule has 0 unspecified atom stereocenters. The first-order valence-electron chi connectivity index (χ1n) is 5.94. The largest absolute Gasteiger partial charge is 0.497 e. The molecular formula is C14H13N3OS. The average Bonchev–Trinajstić information content (AvgIpc) is 2.76. The molecule has 0 saturated carbocycles. The molecule has 0 saturated heterocycles. The number of methoxy groups -OCH3 is 1. The smallest absolute Gasteiger partial charge is 0.179 e. The second-order valence-electron chi connectivity index (χ2n) is 4.24. The normalized spacial score (nSPS) is 10.8. The van der Waals surface area contributed by atoms with Crippen LogP contribution in [0.4, 0.5) is 0 Å². The number of benzene rings is 1. The van der Waals surface area contributed by atoms with Gasteiger partial charge in [0, 0.05) is 6.20 Å². The predicted octanol–water partition coefficient (Wildman–Crippen LogP) is 3.15. The Morgan fingerprint density at radius 1 is 1.32 bits per heavy atom. The van der Waals surface area contributed by atoms with E-state index in [2.05, 4.69) is 9.97 Å². The highest BCUT2D eigenvalue weighted by molar-refractivity contribution is 7.71. The Balaban J connectivity index is 2.05. The number of aromatic nitrogens is 3. The molecule has 0 atom stereocenters. The Morgan fingerprint density at radius 2 is 2.21 bits per heavy atom. The lowest BCUT2D eigenvalue weighted by Gasteiger charge is -2.06. The van der Waals surface area contributed by atoms with Crippen molar-refractivity contribution in [3.05, 3.63) is 52.9 Å². The second kappa shape index (κ2) is 4.85. The maximum atomic E-state index is 5.35. The quantitative estimate of drug-likeness (QED) is 0.744. The van der Waals surface area contributed by atoms with Gasteiger partial charge in [0.1, 0.15) is 5.75 Å². The van der Waals surface area contributed by atoms with Gasteiger partial charge in [-0.1, -0.05) is 12.1 Å². The minimum absolute atomic E-state index is 0.674. The molecule has 2 heterocycles. The Morgan fingerprint density at radius 3 is 3.05 bits per heavy atom. The van der Waals surface area contributed by atoms with Crippen LogP contribution >= 0.6 is 12.2 Å². The van der Waals surface area contributed by atoms with Crippen LogP contribution in [-0.4, -0.2) is 21.6 Å². The number of nitrogens with one attached hydrogen (secondary N) is 1. The van der Waals surface area contributed by atoms with Crippen molar-refractivity contribution in [2.45, 2.75) is 6.54 Å². The molecule has 1 N–H and O–H groups in total. The minimum Gasteiger partial charge on any atom is -0.497 e. The third-order valence-electron chi connectivity index (χ3n) is 3.00. The van der Waals surface area contributed by atoms with Crippen LogP contribution in [0.3, 0.4) is 0 Å². The van der Waals surface area contributed by atoms with Crippen molar-refractivity contribution < 1.29 is 4.74 Å². The number of H-pyrrole nitrogens is 1. The van der Waals surface area contributed by atoms with E-state index in [1.165, 1.54) is 0 Å². The highest BCUT2D eigenvalue weighted by Crippen LogP contribution is 2.17. The molecule has 0 spiro atoms. The lowest BCUT2D eigenvalue weighted by Crippen LogP contribution is -2.01. The van der Waals surface area contributed by atoms with Gasteiger partial charge in [-0.3, -0.25) is 4.57 Å². The van der Waals surface area contributed by atoms with Gasteiger partial charge in [0.2, 0.25) is 0 Å². The van der Waals surface area contributed by atoms with Crippen LogP contribution in [0, 0.1) is 4.77 Å². The summed E-state index contributed by atoms with van der Waals surface area (Å²) in [6, 6.07) is 11.8. The number of hydrogen-bond acceptors (Lipinski definition) is 3. The Bertz CT molecular complexity index is 775. The highest BCUT2D eigenvalue weighted by atomic mass is 32.1. The number of nitrogens with zero attached hydrogens (tertiary/aromatic N) is 2. The van der Waals surface area contributed by atoms with Gasteiger partial charge in [-0.2, -0.15) is 0 Å². The van der Waals surface area contributed by atoms with Gasteiger partial charge >= 0.3 is 0 Å². The van der Waals surface area contributed by atoms with E-state index < -0.39 is 0 Å². The van der Waals surface area contributed by atoms with Crippen molar-refractivity contribution in [2.75, 3.05) is 7.11 Å². The van der Waals surface area contributed by atoms with Gasteiger partial charge in [0.15, 0.2) is 10.4 Å². The second-order valence-corrected chi connectivity index (χ2v) is 4.63. The standard InChI is InChI=1S/C14H13N3OS/c1-18-11-5-2-4-10(8-11)9-17-13-12(16-14(17)19)6-3-7-15-13/h2-8H,9H2,1H3,(H,16,19). The monoisotopic (exact) mass is 271 g/mol. The molecule has 0 aliphatic heterocycles. The average molecular weight is 271 g/mol. The van der Waals surface area contributed by atoms with E-state index in [4.69, 9.17) is 17.0 Å². The van der Waals surface area contributed by atoms with Gasteiger partial charge in [0.05, 0.1) is 19.2 Å². The van der Waals surface area contributed by atoms with E-state index in [9.17, 15) is 0 Å². The van der Waals surface area contributed by atoms with Gasteiger partial charge in [0.25, 0.3) is 0 Å². The molecule has 5 heteroatoms. The molecule has 0 fully saturated rings. The molecule has 0 aliphatic rings. The number of imidazole rings is 1. The Kier molecular flexibility index (Phi) is 3.05. The fourth-order valence-electron chi connectivity index (χ4n) is 2.09. The van der Waals surface area contributed by atoms with Crippen LogP contribution in [0.1, 0.15) is 5.56 Å². The van der Waals surface area contributed by atoms with Crippen molar-refractivity contribution >= 4 is 23.4 Å². The summed E-state index contributed by atoms with van der Waals surface area (Å²) in [7, 11) is 1.66. The third kappa shape index (κ3) is 2.24. The molecule has 0 amide bonds. The first-order valence-corrected chi connectivity index (χ1v) is 6.35. The van der Waals surface area contributed by atoms with Gasteiger partial charge < -0.3 is 9.72 Å². The van der Waals surface area contributed by atoms with Crippen LogP contribution in [0.25, 0.3) is 11.2 Å². The lowest BCUT2D eigenvalue weighted by molar-refractivity contribution is 0.414. The van der Waals surface area contributed by atoms with Crippen molar-refractivity contribution in [2.24, 2.45) is 0 Å². The number of fused-ring (bicyclic) bond motifs is 1. The summed E-state index contributed by atoms with van der Waals surface area (Å²) < 4.78 is 7.90. The first kappa shape index (κ1) is 11.9. The SMILES string of the molecule is COc1cccc(Cn2c(=S)[nH]c3cccnc32)c1. The maximum absolute atomic E-state index is 5.35. The van der Waals surface area contributed by atoms with Crippen molar-refractivity contribution in [1.29, 1.82) is 0 Å². The molecule has 3 rings (SSSR count). The fourth-order valence-corrected chi connectivity index (χ4v) is 2.35. The molecule has 0 radical (unpaired) electrons. The summed E-state index contributed by atoms with van der Waals surface area (Å²) in [5.74, 6) is 0.844. The number of pyridine rings is 1. The third-order valence-corrected chi connectivity index (χ3v) is 3.33. The van der Waals surface area contributed by atoms with Crippen molar-refractivity contribution in [1.82, 2.24) is 14.5 Å². The number of ether oxygens (including phenoxy) is 1. The minimum atomic E-state index is 0.674. The topological polar surface area (TPSA) is 42.8 Å². The zero-order chi connectivity index (χ0) is 13.2. The number of aromatic amines is 1. The summed E-state index contributed by atoms with van der Waals surface area (Å²) in [6.07, 6.45) is 1.77. The summed E-state index contributed by atoms with van der Waals surface area (Å²) >= 11 is 5.35. The molecule has 96 valence electrons. The number of rotatable bonds is 3. The molecular weight excluding hydrogens is 258 g/mol. The van der Waals surface area contributed by atoms with Gasteiger partial charge in [-0.25, -0.2) is 4.98 Å². The highest BCUT2D eigenvalue weighted by Gasteiger charge is 2.06. The van der Waals surface area contributed by atoms with Crippen molar-refractivity contribution in [3.8, 4) is 5.75 Å². The van der Waals surface area contributed by atoms with E-state index in [0.717, 1.165) is 22.5 Å². The maximum Gasteiger partial charge on any atom is 0.179 e. The summed E-state index contributed by atoms with van der Waals surface area (Å²) in [5.41, 5.74) is 2.95. The first-order chi connectivity index (χ1) is 9.28. The van der Waals surface area contributed by atoms with Crippen LogP contribution in [0.15, 0.2) is 42.6 Å². The molecule has 1 aromatic carbocycles.